The first kappa shape index (κ1) is 17.5. The molecule has 6 nitrogen and oxygen atoms in total. The molecule has 0 aromatic heterocycles. The van der Waals surface area contributed by atoms with Crippen LogP contribution in [0.25, 0.3) is 11.5 Å². The fourth-order valence-corrected chi connectivity index (χ4v) is 3.12. The molecule has 0 aliphatic carbocycles. The van der Waals surface area contributed by atoms with Crippen LogP contribution in [0.2, 0.25) is 0 Å². The van der Waals surface area contributed by atoms with Crippen molar-refractivity contribution in [3.8, 4) is 5.75 Å². The van der Waals surface area contributed by atoms with Crippen molar-refractivity contribution in [3.63, 3.8) is 0 Å². The number of carbonyl (C=O) groups excluding carboxylic acids is 1. The Morgan fingerprint density at radius 1 is 0.821 bits per heavy atom. The van der Waals surface area contributed by atoms with Crippen LogP contribution < -0.4 is 31.9 Å². The summed E-state index contributed by atoms with van der Waals surface area (Å²) in [6, 6.07) is 22.6. The second kappa shape index (κ2) is 7.36. The average molecular weight is 372 g/mol. The first-order valence-electron chi connectivity index (χ1n) is 8.90. The van der Waals surface area contributed by atoms with Gasteiger partial charge in [-0.1, -0.05) is 24.3 Å². The standard InChI is InChI=1S/C22H20N4O2/c1-14(27)23-16-8-10-17(11-9-16)24-22-20-5-3-2-4-19(20)21(25-26-22)15-6-12-18(28)13-7-15/h2-13,24-26,28H,1H3,(H,23,27). The molecule has 0 spiro atoms. The summed E-state index contributed by atoms with van der Waals surface area (Å²) in [6.45, 7) is 1.48. The van der Waals surface area contributed by atoms with Crippen LogP contribution in [-0.4, -0.2) is 11.0 Å². The molecule has 0 unspecified atom stereocenters. The Bertz CT molecular complexity index is 1140. The highest BCUT2D eigenvalue weighted by atomic mass is 16.3. The topological polar surface area (TPSA) is 85.4 Å². The number of hydrazine groups is 1. The Labute approximate surface area is 162 Å². The number of carbonyl (C=O) groups is 1. The zero-order chi connectivity index (χ0) is 19.5. The van der Waals surface area contributed by atoms with Gasteiger partial charge in [0.1, 0.15) is 11.6 Å². The van der Waals surface area contributed by atoms with Gasteiger partial charge < -0.3 is 15.7 Å². The van der Waals surface area contributed by atoms with Crippen molar-refractivity contribution in [1.82, 2.24) is 10.9 Å². The first-order valence-corrected chi connectivity index (χ1v) is 8.90. The van der Waals surface area contributed by atoms with E-state index in [4.69, 9.17) is 0 Å². The third-order valence-electron chi connectivity index (χ3n) is 4.41. The summed E-state index contributed by atoms with van der Waals surface area (Å²) in [7, 11) is 0. The van der Waals surface area contributed by atoms with E-state index in [-0.39, 0.29) is 11.7 Å². The number of phenolic OH excluding ortho intramolecular Hbond substituents is 1. The lowest BCUT2D eigenvalue weighted by Gasteiger charge is -2.22. The van der Waals surface area contributed by atoms with E-state index in [0.717, 1.165) is 38.9 Å². The van der Waals surface area contributed by atoms with Gasteiger partial charge in [-0.05, 0) is 48.5 Å². The SMILES string of the molecule is CC(=O)Nc1ccc(NC2=c3ccccc3=C(c3ccc(O)cc3)NN2)cc1. The van der Waals surface area contributed by atoms with Crippen LogP contribution in [-0.2, 0) is 4.79 Å². The summed E-state index contributed by atoms with van der Waals surface area (Å²) in [4.78, 5) is 11.2. The zero-order valence-electron chi connectivity index (χ0n) is 15.3. The molecule has 140 valence electrons. The third-order valence-corrected chi connectivity index (χ3v) is 4.41. The van der Waals surface area contributed by atoms with Crippen molar-refractivity contribution < 1.29 is 9.90 Å². The molecule has 3 aromatic carbocycles. The molecule has 0 saturated carbocycles. The summed E-state index contributed by atoms with van der Waals surface area (Å²) < 4.78 is 0. The van der Waals surface area contributed by atoms with Gasteiger partial charge in [0.05, 0.1) is 5.70 Å². The van der Waals surface area contributed by atoms with E-state index in [0.29, 0.717) is 0 Å². The predicted octanol–water partition coefficient (Wildman–Crippen LogP) is 1.79. The second-order valence-electron chi connectivity index (χ2n) is 6.48. The zero-order valence-corrected chi connectivity index (χ0v) is 15.3. The molecule has 0 fully saturated rings. The number of nitrogens with one attached hydrogen (secondary N) is 4. The van der Waals surface area contributed by atoms with Crippen LogP contribution in [0.3, 0.4) is 0 Å². The number of amides is 1. The number of anilines is 2. The number of hydrogen-bond acceptors (Lipinski definition) is 5. The van der Waals surface area contributed by atoms with Crippen molar-refractivity contribution in [1.29, 1.82) is 0 Å². The quantitative estimate of drug-likeness (QED) is 0.482. The highest BCUT2D eigenvalue weighted by Crippen LogP contribution is 2.17. The molecular weight excluding hydrogens is 352 g/mol. The minimum absolute atomic E-state index is 0.0977. The average Bonchev–Trinajstić information content (AvgIpc) is 2.70. The number of fused-ring (bicyclic) bond motifs is 1. The Kier molecular flexibility index (Phi) is 4.60. The molecular formula is C22H20N4O2. The number of benzene rings is 3. The van der Waals surface area contributed by atoms with Gasteiger partial charge >= 0.3 is 0 Å². The van der Waals surface area contributed by atoms with E-state index >= 15 is 0 Å². The Balaban J connectivity index is 1.73. The molecule has 6 heteroatoms. The molecule has 1 heterocycles. The number of hydrogen-bond donors (Lipinski definition) is 5. The van der Waals surface area contributed by atoms with Crippen molar-refractivity contribution in [2.45, 2.75) is 6.92 Å². The lowest BCUT2D eigenvalue weighted by atomic mass is 10.1. The molecule has 1 amide bonds. The molecule has 28 heavy (non-hydrogen) atoms. The second-order valence-corrected chi connectivity index (χ2v) is 6.48. The molecule has 0 saturated heterocycles. The molecule has 1 aliphatic rings. The highest BCUT2D eigenvalue weighted by Gasteiger charge is 2.12. The Morgan fingerprint density at radius 2 is 1.46 bits per heavy atom. The van der Waals surface area contributed by atoms with Gasteiger partial charge in [-0.15, -0.1) is 0 Å². The van der Waals surface area contributed by atoms with Crippen LogP contribution in [0.4, 0.5) is 11.4 Å². The van der Waals surface area contributed by atoms with Crippen LogP contribution in [0.1, 0.15) is 12.5 Å². The fourth-order valence-electron chi connectivity index (χ4n) is 3.12. The van der Waals surface area contributed by atoms with E-state index in [9.17, 15) is 9.90 Å². The summed E-state index contributed by atoms with van der Waals surface area (Å²) in [6.07, 6.45) is 0. The van der Waals surface area contributed by atoms with Gasteiger partial charge in [-0.3, -0.25) is 15.6 Å². The maximum atomic E-state index is 11.2. The predicted molar refractivity (Wildman–Crippen MR) is 110 cm³/mol. The molecule has 5 N–H and O–H groups in total. The first-order chi connectivity index (χ1) is 13.6. The van der Waals surface area contributed by atoms with E-state index in [2.05, 4.69) is 21.5 Å². The van der Waals surface area contributed by atoms with E-state index < -0.39 is 0 Å². The molecule has 0 bridgehead atoms. The van der Waals surface area contributed by atoms with Crippen LogP contribution in [0.15, 0.2) is 72.8 Å². The van der Waals surface area contributed by atoms with Gasteiger partial charge in [-0.2, -0.15) is 0 Å². The molecule has 0 atom stereocenters. The van der Waals surface area contributed by atoms with E-state index in [1.165, 1.54) is 6.92 Å². The van der Waals surface area contributed by atoms with Crippen molar-refractivity contribution >= 4 is 28.8 Å². The maximum absolute atomic E-state index is 11.2. The van der Waals surface area contributed by atoms with Gasteiger partial charge in [0.15, 0.2) is 0 Å². The van der Waals surface area contributed by atoms with Crippen molar-refractivity contribution in [3.05, 3.63) is 88.8 Å². The van der Waals surface area contributed by atoms with E-state index in [1.54, 1.807) is 12.1 Å². The third kappa shape index (κ3) is 3.61. The summed E-state index contributed by atoms with van der Waals surface area (Å²) in [5.41, 5.74) is 10.0. The van der Waals surface area contributed by atoms with Gasteiger partial charge in [0.25, 0.3) is 0 Å². The fraction of sp³-hybridized carbons (Fsp3) is 0.0455. The van der Waals surface area contributed by atoms with Crippen molar-refractivity contribution in [2.24, 2.45) is 0 Å². The van der Waals surface area contributed by atoms with Crippen LogP contribution >= 0.6 is 0 Å². The minimum Gasteiger partial charge on any atom is -0.508 e. The Hall–Kier alpha value is -3.93. The van der Waals surface area contributed by atoms with Crippen LogP contribution in [0.5, 0.6) is 5.75 Å². The van der Waals surface area contributed by atoms with Crippen LogP contribution in [0, 0.1) is 0 Å². The molecule has 1 aliphatic heterocycles. The van der Waals surface area contributed by atoms with E-state index in [1.807, 2.05) is 60.7 Å². The number of phenols is 1. The molecule has 3 aromatic rings. The largest absolute Gasteiger partial charge is 0.508 e. The summed E-state index contributed by atoms with van der Waals surface area (Å²) in [5.74, 6) is 0.961. The monoisotopic (exact) mass is 372 g/mol. The summed E-state index contributed by atoms with van der Waals surface area (Å²) >= 11 is 0. The van der Waals surface area contributed by atoms with Gasteiger partial charge in [0.2, 0.25) is 5.91 Å². The van der Waals surface area contributed by atoms with Gasteiger partial charge in [0, 0.05) is 34.3 Å². The molecule has 0 radical (unpaired) electrons. The lowest BCUT2D eigenvalue weighted by Crippen LogP contribution is -2.49. The van der Waals surface area contributed by atoms with Crippen molar-refractivity contribution in [2.75, 3.05) is 10.6 Å². The smallest absolute Gasteiger partial charge is 0.221 e. The Morgan fingerprint density at radius 3 is 2.14 bits per heavy atom. The highest BCUT2D eigenvalue weighted by molar-refractivity contribution is 5.89. The number of aromatic hydroxyl groups is 1. The normalized spacial score (nSPS) is 12.5. The minimum atomic E-state index is -0.0977. The summed E-state index contributed by atoms with van der Waals surface area (Å²) in [5, 5.41) is 17.7. The number of rotatable bonds is 4. The maximum Gasteiger partial charge on any atom is 0.221 e. The molecule has 4 rings (SSSR count). The van der Waals surface area contributed by atoms with Gasteiger partial charge in [-0.25, -0.2) is 0 Å². The lowest BCUT2D eigenvalue weighted by molar-refractivity contribution is -0.114.